The number of rotatable bonds is 0. The van der Waals surface area contributed by atoms with Crippen LogP contribution in [0.25, 0.3) is 0 Å². The van der Waals surface area contributed by atoms with Crippen molar-refractivity contribution in [2.45, 2.75) is 63.5 Å². The van der Waals surface area contributed by atoms with E-state index in [0.29, 0.717) is 12.1 Å². The predicted octanol–water partition coefficient (Wildman–Crippen LogP) is 2.77. The molecular weight excluding hydrogens is 172 g/mol. The number of aliphatic imine (C=N–C) groups is 2. The van der Waals surface area contributed by atoms with Gasteiger partial charge in [-0.1, -0.05) is 12.8 Å². The van der Waals surface area contributed by atoms with E-state index in [1.807, 2.05) is 0 Å². The lowest BCUT2D eigenvalue weighted by Gasteiger charge is -2.32. The first-order valence-corrected chi connectivity index (χ1v) is 6.07. The molecule has 2 aliphatic carbocycles. The lowest BCUT2D eigenvalue weighted by atomic mass is 9.87. The Morgan fingerprint density at radius 2 is 1.21 bits per heavy atom. The summed E-state index contributed by atoms with van der Waals surface area (Å²) in [6.07, 6.45) is 10.3. The molecule has 0 aromatic rings. The van der Waals surface area contributed by atoms with Gasteiger partial charge in [0.2, 0.25) is 0 Å². The summed E-state index contributed by atoms with van der Waals surface area (Å²) in [6.45, 7) is 0. The predicted molar refractivity (Wildman–Crippen MR) is 59.4 cm³/mol. The molecule has 0 spiro atoms. The van der Waals surface area contributed by atoms with Crippen LogP contribution in [0.4, 0.5) is 0 Å². The van der Waals surface area contributed by atoms with E-state index in [0.717, 1.165) is 0 Å². The Kier molecular flexibility index (Phi) is 2.15. The molecule has 0 amide bonds. The summed E-state index contributed by atoms with van der Waals surface area (Å²) < 4.78 is 0. The molecule has 3 aliphatic rings. The number of fused-ring (bicyclic) bond motifs is 2. The quantitative estimate of drug-likeness (QED) is 0.561. The van der Waals surface area contributed by atoms with E-state index < -0.39 is 0 Å². The van der Waals surface area contributed by atoms with Crippen LogP contribution in [0.1, 0.15) is 51.4 Å². The highest BCUT2D eigenvalue weighted by atomic mass is 15.0. The van der Waals surface area contributed by atoms with Crippen molar-refractivity contribution < 1.29 is 0 Å². The second-order valence-electron chi connectivity index (χ2n) is 4.78. The lowest BCUT2D eigenvalue weighted by Crippen LogP contribution is -2.36. The second kappa shape index (κ2) is 3.48. The molecule has 0 aromatic carbocycles. The molecule has 14 heavy (non-hydrogen) atoms. The Hall–Kier alpha value is -0.660. The van der Waals surface area contributed by atoms with Crippen molar-refractivity contribution in [2.24, 2.45) is 9.98 Å². The largest absolute Gasteiger partial charge is 0.282 e. The van der Waals surface area contributed by atoms with Crippen LogP contribution in [0.5, 0.6) is 0 Å². The normalized spacial score (nSPS) is 36.6. The molecular formula is C12H18N2. The maximum atomic E-state index is 4.91. The molecule has 2 atom stereocenters. The minimum Gasteiger partial charge on any atom is -0.282 e. The van der Waals surface area contributed by atoms with Crippen LogP contribution < -0.4 is 0 Å². The molecule has 0 saturated heterocycles. The van der Waals surface area contributed by atoms with Gasteiger partial charge in [-0.05, 0) is 38.5 Å². The summed E-state index contributed by atoms with van der Waals surface area (Å²) in [7, 11) is 0. The number of hydrogen-bond donors (Lipinski definition) is 0. The zero-order chi connectivity index (χ0) is 9.38. The summed E-state index contributed by atoms with van der Waals surface area (Å²) >= 11 is 0. The van der Waals surface area contributed by atoms with Gasteiger partial charge < -0.3 is 0 Å². The van der Waals surface area contributed by atoms with Crippen LogP contribution >= 0.6 is 0 Å². The average Bonchev–Trinajstić information content (AvgIpc) is 2.26. The van der Waals surface area contributed by atoms with E-state index in [2.05, 4.69) is 0 Å². The molecule has 0 N–H and O–H groups in total. The molecule has 2 fully saturated rings. The molecule has 0 bridgehead atoms. The van der Waals surface area contributed by atoms with Crippen molar-refractivity contribution in [2.75, 3.05) is 0 Å². The van der Waals surface area contributed by atoms with Crippen LogP contribution in [0.2, 0.25) is 0 Å². The molecule has 0 radical (unpaired) electrons. The smallest absolute Gasteiger partial charge is 0.0727 e. The Balaban J connectivity index is 1.86. The molecule has 2 heteroatoms. The lowest BCUT2D eigenvalue weighted by molar-refractivity contribution is 0.383. The average molecular weight is 190 g/mol. The fraction of sp³-hybridized carbons (Fsp3) is 0.833. The van der Waals surface area contributed by atoms with Crippen molar-refractivity contribution in [1.82, 2.24) is 0 Å². The minimum atomic E-state index is 0.556. The van der Waals surface area contributed by atoms with Crippen molar-refractivity contribution >= 4 is 11.4 Å². The van der Waals surface area contributed by atoms with Gasteiger partial charge in [0.1, 0.15) is 0 Å². The van der Waals surface area contributed by atoms with E-state index in [1.165, 1.54) is 62.8 Å². The Labute approximate surface area is 85.5 Å². The number of nitrogens with zero attached hydrogens (tertiary/aromatic N) is 2. The van der Waals surface area contributed by atoms with E-state index in [9.17, 15) is 0 Å². The summed E-state index contributed by atoms with van der Waals surface area (Å²) in [5.74, 6) is 0. The summed E-state index contributed by atoms with van der Waals surface area (Å²) in [4.78, 5) is 9.82. The molecule has 2 nitrogen and oxygen atoms in total. The Bertz CT molecular complexity index is 261. The second-order valence-corrected chi connectivity index (χ2v) is 4.78. The van der Waals surface area contributed by atoms with Crippen LogP contribution in [-0.2, 0) is 0 Å². The van der Waals surface area contributed by atoms with Gasteiger partial charge in [-0.25, -0.2) is 0 Å². The van der Waals surface area contributed by atoms with Gasteiger partial charge in [-0.3, -0.25) is 9.98 Å². The highest BCUT2D eigenvalue weighted by Crippen LogP contribution is 2.29. The van der Waals surface area contributed by atoms with Gasteiger partial charge in [0.15, 0.2) is 0 Å². The van der Waals surface area contributed by atoms with Crippen LogP contribution in [0.15, 0.2) is 9.98 Å². The van der Waals surface area contributed by atoms with E-state index in [1.54, 1.807) is 0 Å². The monoisotopic (exact) mass is 190 g/mol. The van der Waals surface area contributed by atoms with Crippen molar-refractivity contribution in [3.63, 3.8) is 0 Å². The van der Waals surface area contributed by atoms with Gasteiger partial charge in [0, 0.05) is 0 Å². The summed E-state index contributed by atoms with van der Waals surface area (Å²) in [5, 5.41) is 0. The molecule has 1 heterocycles. The van der Waals surface area contributed by atoms with Gasteiger partial charge in [0.25, 0.3) is 0 Å². The SMILES string of the molecule is C1CCC2=NC3CCCCC3N=C2C1. The highest BCUT2D eigenvalue weighted by Gasteiger charge is 2.30. The zero-order valence-electron chi connectivity index (χ0n) is 8.71. The van der Waals surface area contributed by atoms with Crippen LogP contribution in [0, 0.1) is 0 Å². The fourth-order valence-corrected chi connectivity index (χ4v) is 2.94. The van der Waals surface area contributed by atoms with Gasteiger partial charge in [0.05, 0.1) is 23.5 Å². The van der Waals surface area contributed by atoms with E-state index >= 15 is 0 Å². The third kappa shape index (κ3) is 1.41. The molecule has 3 rings (SSSR count). The van der Waals surface area contributed by atoms with Crippen molar-refractivity contribution in [3.8, 4) is 0 Å². The van der Waals surface area contributed by atoms with Crippen LogP contribution in [-0.4, -0.2) is 23.5 Å². The molecule has 2 saturated carbocycles. The maximum absolute atomic E-state index is 4.91. The molecule has 76 valence electrons. The third-order valence-electron chi connectivity index (χ3n) is 3.75. The van der Waals surface area contributed by atoms with Gasteiger partial charge in [-0.2, -0.15) is 0 Å². The molecule has 0 aromatic heterocycles. The maximum Gasteiger partial charge on any atom is 0.0727 e. The van der Waals surface area contributed by atoms with E-state index in [-0.39, 0.29) is 0 Å². The van der Waals surface area contributed by atoms with Crippen LogP contribution in [0.3, 0.4) is 0 Å². The first-order chi connectivity index (χ1) is 6.93. The first kappa shape index (κ1) is 8.63. The Morgan fingerprint density at radius 3 is 1.71 bits per heavy atom. The topological polar surface area (TPSA) is 24.7 Å². The van der Waals surface area contributed by atoms with Crippen molar-refractivity contribution in [3.05, 3.63) is 0 Å². The highest BCUT2D eigenvalue weighted by molar-refractivity contribution is 6.43. The van der Waals surface area contributed by atoms with Gasteiger partial charge in [-0.15, -0.1) is 0 Å². The standard InChI is InChI=1S/C12H18N2/c1-2-6-10-9(5-1)13-11-7-3-4-8-12(11)14-10/h9-10H,1-8H2. The third-order valence-corrected chi connectivity index (χ3v) is 3.75. The summed E-state index contributed by atoms with van der Waals surface area (Å²) in [5.41, 5.74) is 2.72. The number of hydrogen-bond acceptors (Lipinski definition) is 2. The molecule has 2 unspecified atom stereocenters. The minimum absolute atomic E-state index is 0.556. The van der Waals surface area contributed by atoms with Crippen molar-refractivity contribution in [1.29, 1.82) is 0 Å². The summed E-state index contributed by atoms with van der Waals surface area (Å²) in [6, 6.07) is 1.11. The molecule has 1 aliphatic heterocycles. The van der Waals surface area contributed by atoms with Gasteiger partial charge >= 0.3 is 0 Å². The fourth-order valence-electron chi connectivity index (χ4n) is 2.94. The Morgan fingerprint density at radius 1 is 0.714 bits per heavy atom. The first-order valence-electron chi connectivity index (χ1n) is 6.07. The zero-order valence-corrected chi connectivity index (χ0v) is 8.71. The van der Waals surface area contributed by atoms with E-state index in [4.69, 9.17) is 9.98 Å².